The van der Waals surface area contributed by atoms with Crippen molar-refractivity contribution in [2.75, 3.05) is 13.7 Å². The van der Waals surface area contributed by atoms with Gasteiger partial charge in [-0.25, -0.2) is 0 Å². The third-order valence-corrected chi connectivity index (χ3v) is 5.14. The van der Waals surface area contributed by atoms with Gasteiger partial charge in [0.2, 0.25) is 0 Å². The first-order chi connectivity index (χ1) is 13.2. The van der Waals surface area contributed by atoms with Crippen molar-refractivity contribution in [3.8, 4) is 11.5 Å². The van der Waals surface area contributed by atoms with E-state index in [1.807, 2.05) is 0 Å². The van der Waals surface area contributed by atoms with Crippen molar-refractivity contribution in [1.29, 1.82) is 0 Å². The molecule has 1 aromatic rings. The highest BCUT2D eigenvalue weighted by Crippen LogP contribution is 2.32. The molecule has 0 N–H and O–H groups in total. The minimum Gasteiger partial charge on any atom is -0.497 e. The molecule has 0 saturated heterocycles. The minimum absolute atomic E-state index is 0.248. The van der Waals surface area contributed by atoms with Gasteiger partial charge in [-0.1, -0.05) is 45.4 Å². The van der Waals surface area contributed by atoms with Crippen LogP contribution in [-0.2, 0) is 14.3 Å². The Hall–Kier alpha value is -2.04. The summed E-state index contributed by atoms with van der Waals surface area (Å²) in [6.07, 6.45) is 8.80. The molecule has 0 heterocycles. The van der Waals surface area contributed by atoms with E-state index in [9.17, 15) is 9.59 Å². The molecule has 0 radical (unpaired) electrons. The highest BCUT2D eigenvalue weighted by molar-refractivity contribution is 5.83. The predicted octanol–water partition coefficient (Wildman–Crippen LogP) is 4.92. The van der Waals surface area contributed by atoms with Crippen molar-refractivity contribution in [2.45, 2.75) is 64.7 Å². The summed E-state index contributed by atoms with van der Waals surface area (Å²) in [7, 11) is 1.59. The summed E-state index contributed by atoms with van der Waals surface area (Å²) in [5.41, 5.74) is 0. The Morgan fingerprint density at radius 2 is 1.48 bits per heavy atom. The van der Waals surface area contributed by atoms with Gasteiger partial charge in [0.1, 0.15) is 11.5 Å². The number of hydrogen-bond donors (Lipinski definition) is 0. The molecule has 0 spiro atoms. The number of ether oxygens (including phenoxy) is 3. The van der Waals surface area contributed by atoms with E-state index in [1.54, 1.807) is 31.4 Å². The molecule has 150 valence electrons. The number of benzene rings is 1. The quantitative estimate of drug-likeness (QED) is 0.329. The molecular formula is C22H32O5. The number of rotatable bonds is 10. The van der Waals surface area contributed by atoms with Gasteiger partial charge >= 0.3 is 11.9 Å². The first-order valence-corrected chi connectivity index (χ1v) is 10.2. The maximum atomic E-state index is 12.6. The Bertz CT molecular complexity index is 581. The number of esters is 2. The van der Waals surface area contributed by atoms with Crippen molar-refractivity contribution < 1.29 is 23.8 Å². The maximum Gasteiger partial charge on any atom is 0.315 e. The molecule has 1 fully saturated rings. The van der Waals surface area contributed by atoms with E-state index in [4.69, 9.17) is 14.2 Å². The molecule has 5 heteroatoms. The molecule has 1 saturated carbocycles. The number of unbranched alkanes of at least 4 members (excludes halogenated alkanes) is 4. The molecule has 1 aliphatic carbocycles. The van der Waals surface area contributed by atoms with Crippen LogP contribution in [0.2, 0.25) is 0 Å². The van der Waals surface area contributed by atoms with Gasteiger partial charge in [-0.2, -0.15) is 0 Å². The Morgan fingerprint density at radius 1 is 0.889 bits per heavy atom. The highest BCUT2D eigenvalue weighted by atomic mass is 16.5. The topological polar surface area (TPSA) is 61.8 Å². The average molecular weight is 376 g/mol. The summed E-state index contributed by atoms with van der Waals surface area (Å²) in [6, 6.07) is 6.88. The van der Waals surface area contributed by atoms with Crippen LogP contribution in [0.15, 0.2) is 24.3 Å². The zero-order valence-corrected chi connectivity index (χ0v) is 16.6. The maximum absolute atomic E-state index is 12.6. The Kier molecular flexibility index (Phi) is 9.16. The van der Waals surface area contributed by atoms with E-state index in [2.05, 4.69) is 6.92 Å². The lowest BCUT2D eigenvalue weighted by atomic mass is 9.79. The third-order valence-electron chi connectivity index (χ3n) is 5.14. The number of hydrogen-bond acceptors (Lipinski definition) is 5. The molecule has 1 aliphatic rings. The van der Waals surface area contributed by atoms with Gasteiger partial charge in [0, 0.05) is 0 Å². The average Bonchev–Trinajstić information content (AvgIpc) is 2.71. The van der Waals surface area contributed by atoms with Crippen LogP contribution in [0.3, 0.4) is 0 Å². The van der Waals surface area contributed by atoms with Crippen LogP contribution in [0.4, 0.5) is 0 Å². The molecule has 27 heavy (non-hydrogen) atoms. The fourth-order valence-electron chi connectivity index (χ4n) is 3.52. The standard InChI is InChI=1S/C22H32O5/c1-3-4-5-6-9-16-26-21(23)19-10-7-8-11-20(19)22(24)27-18-14-12-17(25-2)13-15-18/h12-15,19-20H,3-11,16H2,1-2H3. The normalized spacial score (nSPS) is 19.3. The Morgan fingerprint density at radius 3 is 2.11 bits per heavy atom. The van der Waals surface area contributed by atoms with Gasteiger partial charge in [0.05, 0.1) is 25.6 Å². The summed E-state index contributed by atoms with van der Waals surface area (Å²) in [5, 5.41) is 0. The van der Waals surface area contributed by atoms with Crippen LogP contribution in [0.1, 0.15) is 64.7 Å². The van der Waals surface area contributed by atoms with Crippen LogP contribution in [0.25, 0.3) is 0 Å². The summed E-state index contributed by atoms with van der Waals surface area (Å²) in [6.45, 7) is 2.62. The summed E-state index contributed by atoms with van der Waals surface area (Å²) >= 11 is 0. The van der Waals surface area contributed by atoms with E-state index in [-0.39, 0.29) is 17.9 Å². The van der Waals surface area contributed by atoms with Crippen molar-refractivity contribution in [2.24, 2.45) is 11.8 Å². The molecule has 5 nitrogen and oxygen atoms in total. The second-order valence-corrected chi connectivity index (χ2v) is 7.18. The molecule has 2 rings (SSSR count). The van der Waals surface area contributed by atoms with Gasteiger partial charge in [0.25, 0.3) is 0 Å². The second kappa shape index (κ2) is 11.6. The molecule has 0 aromatic heterocycles. The molecule has 2 unspecified atom stereocenters. The number of carbonyl (C=O) groups excluding carboxylic acids is 2. The van der Waals surface area contributed by atoms with Gasteiger partial charge in [0.15, 0.2) is 0 Å². The zero-order valence-electron chi connectivity index (χ0n) is 16.6. The van der Waals surface area contributed by atoms with Crippen molar-refractivity contribution in [3.63, 3.8) is 0 Å². The van der Waals surface area contributed by atoms with Crippen molar-refractivity contribution in [1.82, 2.24) is 0 Å². The first kappa shape index (κ1) is 21.3. The zero-order chi connectivity index (χ0) is 19.5. The van der Waals surface area contributed by atoms with Crippen molar-refractivity contribution >= 4 is 11.9 Å². The van der Waals surface area contributed by atoms with Gasteiger partial charge in [-0.05, 0) is 43.5 Å². The second-order valence-electron chi connectivity index (χ2n) is 7.18. The third kappa shape index (κ3) is 6.89. The highest BCUT2D eigenvalue weighted by Gasteiger charge is 2.38. The Balaban J connectivity index is 1.85. The van der Waals surface area contributed by atoms with E-state index in [0.29, 0.717) is 30.9 Å². The lowest BCUT2D eigenvalue weighted by Gasteiger charge is -2.28. The molecule has 1 aromatic carbocycles. The number of methoxy groups -OCH3 is 1. The fourth-order valence-corrected chi connectivity index (χ4v) is 3.52. The van der Waals surface area contributed by atoms with E-state index < -0.39 is 5.92 Å². The smallest absolute Gasteiger partial charge is 0.315 e. The molecule has 0 bridgehead atoms. The van der Waals surface area contributed by atoms with Gasteiger partial charge in [-0.15, -0.1) is 0 Å². The lowest BCUT2D eigenvalue weighted by molar-refractivity contribution is -0.158. The van der Waals surface area contributed by atoms with Crippen LogP contribution in [0, 0.1) is 11.8 Å². The molecule has 0 amide bonds. The van der Waals surface area contributed by atoms with Gasteiger partial charge < -0.3 is 14.2 Å². The largest absolute Gasteiger partial charge is 0.497 e. The summed E-state index contributed by atoms with van der Waals surface area (Å²) in [4.78, 5) is 25.1. The van der Waals surface area contributed by atoms with Gasteiger partial charge in [-0.3, -0.25) is 9.59 Å². The predicted molar refractivity (Wildman–Crippen MR) is 104 cm³/mol. The van der Waals surface area contributed by atoms with Crippen LogP contribution < -0.4 is 9.47 Å². The van der Waals surface area contributed by atoms with E-state index in [1.165, 1.54) is 19.3 Å². The van der Waals surface area contributed by atoms with Crippen LogP contribution in [0.5, 0.6) is 11.5 Å². The van der Waals surface area contributed by atoms with Crippen molar-refractivity contribution in [3.05, 3.63) is 24.3 Å². The first-order valence-electron chi connectivity index (χ1n) is 10.2. The Labute approximate surface area is 162 Å². The molecule has 2 atom stereocenters. The van der Waals surface area contributed by atoms with E-state index >= 15 is 0 Å². The van der Waals surface area contributed by atoms with Crippen LogP contribution >= 0.6 is 0 Å². The summed E-state index contributed by atoms with van der Waals surface area (Å²) < 4.78 is 16.1. The monoisotopic (exact) mass is 376 g/mol. The molecule has 0 aliphatic heterocycles. The molecular weight excluding hydrogens is 344 g/mol. The SMILES string of the molecule is CCCCCCCOC(=O)C1CCCCC1C(=O)Oc1ccc(OC)cc1. The number of carbonyl (C=O) groups is 2. The summed E-state index contributed by atoms with van der Waals surface area (Å²) in [5.74, 6) is -0.234. The fraction of sp³-hybridized carbons (Fsp3) is 0.636. The lowest BCUT2D eigenvalue weighted by Crippen LogP contribution is -2.36. The van der Waals surface area contributed by atoms with E-state index in [0.717, 1.165) is 25.7 Å². The minimum atomic E-state index is -0.423. The van der Waals surface area contributed by atoms with Crippen LogP contribution in [-0.4, -0.2) is 25.7 Å².